The molecule has 0 bridgehead atoms. The Morgan fingerprint density at radius 2 is 2.16 bits per heavy atom. The summed E-state index contributed by atoms with van der Waals surface area (Å²) in [7, 11) is 0. The van der Waals surface area contributed by atoms with Gasteiger partial charge in [0.1, 0.15) is 11.6 Å². The van der Waals surface area contributed by atoms with Crippen LogP contribution in [0.1, 0.15) is 29.3 Å². The smallest absolute Gasteiger partial charge is 0.258 e. The Hall–Kier alpha value is 1.91. The number of nitrogens with zero attached hydrogens (tertiary/aromatic N) is 2. The zero-order valence-corrected chi connectivity index (χ0v) is 19.5. The summed E-state index contributed by atoms with van der Waals surface area (Å²) in [6, 6.07) is 5.08. The van der Waals surface area contributed by atoms with Crippen LogP contribution in [-0.4, -0.2) is 10.2 Å². The number of rotatable bonds is 1. The topological polar surface area (TPSA) is 27.7 Å². The van der Waals surface area contributed by atoms with Crippen molar-refractivity contribution in [2.75, 3.05) is 10.2 Å². The van der Waals surface area contributed by atoms with Crippen molar-refractivity contribution in [3.05, 3.63) is 22.9 Å². The zero-order valence-electron chi connectivity index (χ0n) is 10.0. The van der Waals surface area contributed by atoms with Gasteiger partial charge in [0.15, 0.2) is 11.7 Å². The van der Waals surface area contributed by atoms with Crippen LogP contribution in [0.4, 0.5) is 0 Å². The van der Waals surface area contributed by atoms with E-state index >= 15 is 0 Å². The molecule has 2 nitrogen and oxygen atoms in total. The summed E-state index contributed by atoms with van der Waals surface area (Å²) in [5.74, 6) is 1.13. The number of aromatic nitrogens is 1. The van der Waals surface area contributed by atoms with Gasteiger partial charge in [-0.1, -0.05) is 22.6 Å². The lowest BCUT2D eigenvalue weighted by Gasteiger charge is -2.07. The molecule has 0 N–H and O–H groups in total. The fraction of sp³-hybridized carbons (Fsp3) is 0.500. The van der Waals surface area contributed by atoms with Crippen molar-refractivity contribution in [1.82, 2.24) is 0 Å². The molecule has 0 radical (unpaired) electrons. The van der Waals surface area contributed by atoms with E-state index in [1.54, 1.807) is 0 Å². The van der Waals surface area contributed by atoms with Gasteiger partial charge in [-0.05, 0) is 30.7 Å². The molecule has 1 aliphatic carbocycles. The van der Waals surface area contributed by atoms with E-state index in [-0.39, 0.29) is 24.0 Å². The number of halogens is 4. The third-order valence-corrected chi connectivity index (χ3v) is 5.62. The molecule has 0 amide bonds. The third-order valence-electron chi connectivity index (χ3n) is 3.37. The molecule has 0 fully saturated rings. The van der Waals surface area contributed by atoms with E-state index in [1.165, 1.54) is 29.1 Å². The van der Waals surface area contributed by atoms with Gasteiger partial charge in [0.25, 0.3) is 5.03 Å². The summed E-state index contributed by atoms with van der Waals surface area (Å²) in [6.07, 6.45) is 3.60. The first-order valence-corrected chi connectivity index (χ1v) is 14.5. The van der Waals surface area contributed by atoms with Crippen molar-refractivity contribution in [2.24, 2.45) is 0 Å². The van der Waals surface area contributed by atoms with Gasteiger partial charge in [-0.2, -0.15) is 9.83 Å². The van der Waals surface area contributed by atoms with Gasteiger partial charge in [0, 0.05) is 49.2 Å². The Bertz CT molecular complexity index is 501. The first kappa shape index (κ1) is 19.0. The Labute approximate surface area is 172 Å². The molecular weight excluding hydrogens is 712 g/mol. The lowest BCUT2D eigenvalue weighted by Crippen LogP contribution is -3.00. The van der Waals surface area contributed by atoms with E-state index < -0.39 is 0 Å². The molecule has 0 saturated carbocycles. The minimum atomic E-state index is 0. The number of thioether (sulfide) groups is 1. The average Bonchev–Trinajstić information content (AvgIpc) is 3.05. The number of alkyl halides is 1. The molecule has 1 atom stereocenters. The highest BCUT2D eigenvalue weighted by Gasteiger charge is 2.38. The van der Waals surface area contributed by atoms with Crippen LogP contribution in [0.15, 0.2) is 11.1 Å². The fourth-order valence-electron chi connectivity index (χ4n) is 2.65. The maximum Gasteiger partial charge on any atom is 0.258 e. The highest BCUT2D eigenvalue weighted by Crippen LogP contribution is 2.34. The first-order valence-electron chi connectivity index (χ1n) is 5.68. The second kappa shape index (κ2) is 9.14. The van der Waals surface area contributed by atoms with Crippen LogP contribution in [0, 0.1) is 11.3 Å². The van der Waals surface area contributed by atoms with Gasteiger partial charge in [-0.15, -0.1) is 0 Å². The Balaban J connectivity index is 0.000000576. The molecule has 0 saturated heterocycles. The average molecular weight is 724 g/mol. The van der Waals surface area contributed by atoms with Gasteiger partial charge in [-0.3, -0.25) is 0 Å². The van der Waals surface area contributed by atoms with Crippen LogP contribution in [0.25, 0.3) is 0 Å². The second-order valence-corrected chi connectivity index (χ2v) is 6.18. The minimum Gasteiger partial charge on any atom is -1.00 e. The largest absolute Gasteiger partial charge is 1.00 e. The number of pyridine rings is 1. The third kappa shape index (κ3) is 3.82. The van der Waals surface area contributed by atoms with Crippen LogP contribution < -0.4 is 28.5 Å². The van der Waals surface area contributed by atoms with Crippen molar-refractivity contribution >= 4 is 71.6 Å². The number of nitriles is 1. The molecule has 104 valence electrons. The van der Waals surface area contributed by atoms with Gasteiger partial charge in [0.05, 0.1) is 10.2 Å². The molecule has 3 rings (SSSR count). The molecule has 0 aromatic carbocycles. The van der Waals surface area contributed by atoms with Crippen LogP contribution in [0.2, 0.25) is 0 Å². The van der Waals surface area contributed by atoms with Crippen molar-refractivity contribution in [1.29, 1.82) is 5.26 Å². The van der Waals surface area contributed by atoms with Crippen molar-refractivity contribution in [3.8, 4) is 6.07 Å². The van der Waals surface area contributed by atoms with Gasteiger partial charge < -0.3 is 24.0 Å². The first-order chi connectivity index (χ1) is 8.85. The van der Waals surface area contributed by atoms with E-state index in [1.807, 2.05) is 11.8 Å². The van der Waals surface area contributed by atoms with Crippen LogP contribution in [0.5, 0.6) is 0 Å². The lowest BCUT2D eigenvalue weighted by molar-refractivity contribution is -0.749. The van der Waals surface area contributed by atoms with Crippen LogP contribution in [-0.2, 0) is 12.8 Å². The molecule has 2 heterocycles. The maximum atomic E-state index is 9.21. The standard InChI is InChI=1S/C12H12IN2S.I2.HI/c13-5-10-7-16-12-9(6-14)4-8-2-1-3-11(8)15(10)12;1-2;/h4,10H,1-3,5,7H2;;1H/q+1;;/p-1. The maximum absolute atomic E-state index is 9.21. The number of aryl methyl sites for hydroxylation is 1. The summed E-state index contributed by atoms with van der Waals surface area (Å²) in [4.78, 5) is 0. The minimum absolute atomic E-state index is 0. The quantitative estimate of drug-likeness (QED) is 0.248. The lowest BCUT2D eigenvalue weighted by atomic mass is 10.1. The molecule has 1 unspecified atom stereocenters. The van der Waals surface area contributed by atoms with Gasteiger partial charge in [-0.25, -0.2) is 0 Å². The molecule has 1 aromatic heterocycles. The monoisotopic (exact) mass is 724 g/mol. The van der Waals surface area contributed by atoms with Gasteiger partial charge in [0.2, 0.25) is 0 Å². The molecule has 7 heteroatoms. The Kier molecular flexibility index (Phi) is 9.12. The summed E-state index contributed by atoms with van der Waals surface area (Å²) >= 11 is 8.55. The summed E-state index contributed by atoms with van der Waals surface area (Å²) < 4.78 is 3.60. The number of hydrogen-bond acceptors (Lipinski definition) is 2. The SMILES string of the molecule is II.N#Cc1cc2c([n+]3c1SCC3CI)CCC2.[I-]. The predicted octanol–water partition coefficient (Wildman–Crippen LogP) is 1.19. The van der Waals surface area contributed by atoms with Crippen LogP contribution >= 0.6 is 71.6 Å². The molecule has 19 heavy (non-hydrogen) atoms. The normalized spacial score (nSPS) is 18.5. The highest BCUT2D eigenvalue weighted by molar-refractivity contribution is 15.0. The Morgan fingerprint density at radius 1 is 1.42 bits per heavy atom. The van der Waals surface area contributed by atoms with E-state index in [4.69, 9.17) is 0 Å². The number of fused-ring (bicyclic) bond motifs is 3. The zero-order chi connectivity index (χ0) is 13.1. The molecule has 2 aliphatic rings. The van der Waals surface area contributed by atoms with Crippen molar-refractivity contribution < 1.29 is 28.5 Å². The molecule has 0 spiro atoms. The van der Waals surface area contributed by atoms with E-state index in [9.17, 15) is 5.26 Å². The van der Waals surface area contributed by atoms with E-state index in [0.717, 1.165) is 22.2 Å². The highest BCUT2D eigenvalue weighted by atomic mass is 128. The molecule has 1 aromatic rings. The summed E-state index contributed by atoms with van der Waals surface area (Å²) in [5, 5.41) is 10.4. The van der Waals surface area contributed by atoms with Crippen molar-refractivity contribution in [2.45, 2.75) is 30.3 Å². The number of hydrogen-bond donors (Lipinski definition) is 0. The molecular formula is C12H12I4N2S. The fourth-order valence-corrected chi connectivity index (χ4v) is 5.05. The molecule has 1 aliphatic heterocycles. The summed E-state index contributed by atoms with van der Waals surface area (Å²) in [6.45, 7) is 0. The van der Waals surface area contributed by atoms with Gasteiger partial charge >= 0.3 is 0 Å². The Morgan fingerprint density at radius 3 is 2.79 bits per heavy atom. The van der Waals surface area contributed by atoms with Crippen LogP contribution in [0.3, 0.4) is 0 Å². The van der Waals surface area contributed by atoms with Crippen molar-refractivity contribution in [3.63, 3.8) is 0 Å². The second-order valence-electron chi connectivity index (χ2n) is 4.29. The predicted molar refractivity (Wildman–Crippen MR) is 100 cm³/mol. The van der Waals surface area contributed by atoms with E-state index in [2.05, 4.69) is 76.5 Å². The summed E-state index contributed by atoms with van der Waals surface area (Å²) in [5.41, 5.74) is 3.80. The van der Waals surface area contributed by atoms with E-state index in [0.29, 0.717) is 6.04 Å².